The molecule has 136 valence electrons. The third-order valence-electron chi connectivity index (χ3n) is 5.94. The van der Waals surface area contributed by atoms with Crippen LogP contribution in [0.2, 0.25) is 0 Å². The number of aromatic amines is 1. The number of hydrogen-bond acceptors (Lipinski definition) is 3. The van der Waals surface area contributed by atoms with Crippen molar-refractivity contribution >= 4 is 10.9 Å². The number of aliphatic hydroxyl groups is 1. The number of nitrogens with zero attached hydrogens (tertiary/aromatic N) is 2. The van der Waals surface area contributed by atoms with Gasteiger partial charge >= 0.3 is 0 Å². The number of rotatable bonds is 4. The second-order valence-corrected chi connectivity index (χ2v) is 7.54. The summed E-state index contributed by atoms with van der Waals surface area (Å²) < 4.78 is 0. The van der Waals surface area contributed by atoms with Gasteiger partial charge in [0.2, 0.25) is 0 Å². The molecule has 1 aliphatic rings. The van der Waals surface area contributed by atoms with Gasteiger partial charge in [-0.1, -0.05) is 42.5 Å². The van der Waals surface area contributed by atoms with E-state index in [4.69, 9.17) is 0 Å². The van der Waals surface area contributed by atoms with Gasteiger partial charge in [0.05, 0.1) is 11.6 Å². The molecule has 4 rings (SSSR count). The first-order chi connectivity index (χ1) is 12.6. The number of H-pyrrole nitrogens is 1. The van der Waals surface area contributed by atoms with E-state index in [0.29, 0.717) is 6.54 Å². The lowest BCUT2D eigenvalue weighted by molar-refractivity contribution is -0.0702. The van der Waals surface area contributed by atoms with Gasteiger partial charge in [-0.05, 0) is 43.8 Å². The predicted octanol–water partition coefficient (Wildman–Crippen LogP) is 3.19. The summed E-state index contributed by atoms with van der Waals surface area (Å²) in [5, 5.41) is 12.4. The van der Waals surface area contributed by atoms with Gasteiger partial charge in [-0.3, -0.25) is 9.80 Å². The lowest BCUT2D eigenvalue weighted by Gasteiger charge is -2.50. The van der Waals surface area contributed by atoms with Crippen molar-refractivity contribution in [2.24, 2.45) is 0 Å². The summed E-state index contributed by atoms with van der Waals surface area (Å²) in [5.74, 6) is 0. The average Bonchev–Trinajstić information content (AvgIpc) is 3.12. The Morgan fingerprint density at radius 2 is 1.92 bits per heavy atom. The molecule has 1 aromatic heterocycles. The number of benzene rings is 2. The van der Waals surface area contributed by atoms with Crippen LogP contribution in [0.3, 0.4) is 0 Å². The molecule has 2 atom stereocenters. The molecule has 0 saturated carbocycles. The normalized spacial score (nSPS) is 24.4. The van der Waals surface area contributed by atoms with Gasteiger partial charge in [-0.25, -0.2) is 0 Å². The minimum absolute atomic E-state index is 0.322. The van der Waals surface area contributed by atoms with Gasteiger partial charge in [0.15, 0.2) is 0 Å². The number of fused-ring (bicyclic) bond motifs is 1. The molecule has 4 heteroatoms. The SMILES string of the molecule is CN(C)[C@]1(c2ccccc2)CCN(Cc2cccc3[nH]ccc23)C[C@H]1O. The summed E-state index contributed by atoms with van der Waals surface area (Å²) in [6.45, 7) is 2.50. The molecule has 1 saturated heterocycles. The van der Waals surface area contributed by atoms with E-state index in [1.807, 2.05) is 12.3 Å². The van der Waals surface area contributed by atoms with Crippen LogP contribution in [0.25, 0.3) is 10.9 Å². The molecule has 1 fully saturated rings. The van der Waals surface area contributed by atoms with Crippen molar-refractivity contribution in [1.82, 2.24) is 14.8 Å². The lowest BCUT2D eigenvalue weighted by Crippen LogP contribution is -2.59. The van der Waals surface area contributed by atoms with Crippen LogP contribution >= 0.6 is 0 Å². The van der Waals surface area contributed by atoms with E-state index in [9.17, 15) is 5.11 Å². The second-order valence-electron chi connectivity index (χ2n) is 7.54. The smallest absolute Gasteiger partial charge is 0.0892 e. The van der Waals surface area contributed by atoms with Crippen molar-refractivity contribution in [3.05, 3.63) is 71.9 Å². The first-order valence-corrected chi connectivity index (χ1v) is 9.29. The molecule has 3 aromatic rings. The summed E-state index contributed by atoms with van der Waals surface area (Å²) in [4.78, 5) is 7.84. The zero-order chi connectivity index (χ0) is 18.1. The highest BCUT2D eigenvalue weighted by Crippen LogP contribution is 2.38. The van der Waals surface area contributed by atoms with E-state index in [1.165, 1.54) is 22.0 Å². The molecule has 0 radical (unpaired) electrons. The molecule has 0 unspecified atom stereocenters. The summed E-state index contributed by atoms with van der Waals surface area (Å²) in [6, 6.07) is 19.0. The number of likely N-dealkylation sites (N-methyl/N-ethyl adjacent to an activating group) is 1. The van der Waals surface area contributed by atoms with Gasteiger partial charge in [0.1, 0.15) is 0 Å². The van der Waals surface area contributed by atoms with Crippen molar-refractivity contribution in [3.8, 4) is 0 Å². The Bertz CT molecular complexity index is 873. The fraction of sp³-hybridized carbons (Fsp3) is 0.364. The molecule has 1 aliphatic heterocycles. The summed E-state index contributed by atoms with van der Waals surface area (Å²) in [7, 11) is 4.15. The molecular formula is C22H27N3O. The number of hydrogen-bond donors (Lipinski definition) is 2. The van der Waals surface area contributed by atoms with Crippen LogP contribution in [0.4, 0.5) is 0 Å². The third-order valence-corrected chi connectivity index (χ3v) is 5.94. The topological polar surface area (TPSA) is 42.5 Å². The van der Waals surface area contributed by atoms with Gasteiger partial charge < -0.3 is 10.1 Å². The van der Waals surface area contributed by atoms with E-state index < -0.39 is 6.10 Å². The number of piperidine rings is 1. The number of aliphatic hydroxyl groups excluding tert-OH is 1. The Morgan fingerprint density at radius 3 is 2.65 bits per heavy atom. The fourth-order valence-electron chi connectivity index (χ4n) is 4.50. The number of β-amino-alcohol motifs (C(OH)–C–C–N with tert-alkyl or cyclic N) is 1. The fourth-order valence-corrected chi connectivity index (χ4v) is 4.50. The van der Waals surface area contributed by atoms with Crippen LogP contribution in [0, 0.1) is 0 Å². The zero-order valence-electron chi connectivity index (χ0n) is 15.5. The van der Waals surface area contributed by atoms with Crippen LogP contribution < -0.4 is 0 Å². The molecule has 0 spiro atoms. The van der Waals surface area contributed by atoms with Crippen molar-refractivity contribution < 1.29 is 5.11 Å². The third kappa shape index (κ3) is 2.84. The standard InChI is InChI=1S/C22H27N3O/c1-24(2)22(18-8-4-3-5-9-18)12-14-25(16-21(22)26)15-17-7-6-10-20-19(17)11-13-23-20/h3-11,13,21,23,26H,12,14-16H2,1-2H3/t21-,22+/m1/s1. The largest absolute Gasteiger partial charge is 0.389 e. The molecule has 4 nitrogen and oxygen atoms in total. The minimum atomic E-state index is -0.431. The van der Waals surface area contributed by atoms with Gasteiger partial charge in [-0.2, -0.15) is 0 Å². The van der Waals surface area contributed by atoms with Crippen LogP contribution in [0.15, 0.2) is 60.8 Å². The van der Waals surface area contributed by atoms with E-state index in [2.05, 4.69) is 77.4 Å². The molecule has 2 heterocycles. The number of likely N-dealkylation sites (tertiary alicyclic amines) is 1. The first-order valence-electron chi connectivity index (χ1n) is 9.29. The van der Waals surface area contributed by atoms with E-state index >= 15 is 0 Å². The Hall–Kier alpha value is -2.14. The summed E-state index contributed by atoms with van der Waals surface area (Å²) in [6.07, 6.45) is 2.47. The molecule has 2 N–H and O–H groups in total. The van der Waals surface area contributed by atoms with Crippen LogP contribution in [0.5, 0.6) is 0 Å². The Labute approximate surface area is 155 Å². The molecular weight excluding hydrogens is 322 g/mol. The van der Waals surface area contributed by atoms with Crippen molar-refractivity contribution in [2.75, 3.05) is 27.2 Å². The Kier molecular flexibility index (Phi) is 4.57. The predicted molar refractivity (Wildman–Crippen MR) is 106 cm³/mol. The van der Waals surface area contributed by atoms with E-state index in [-0.39, 0.29) is 5.54 Å². The average molecular weight is 349 g/mol. The van der Waals surface area contributed by atoms with Gasteiger partial charge in [-0.15, -0.1) is 0 Å². The maximum atomic E-state index is 11.2. The molecule has 0 aliphatic carbocycles. The van der Waals surface area contributed by atoms with Gasteiger partial charge in [0, 0.05) is 36.7 Å². The minimum Gasteiger partial charge on any atom is -0.389 e. The van der Waals surface area contributed by atoms with E-state index in [0.717, 1.165) is 19.5 Å². The zero-order valence-corrected chi connectivity index (χ0v) is 15.5. The highest BCUT2D eigenvalue weighted by atomic mass is 16.3. The molecule has 2 aromatic carbocycles. The maximum absolute atomic E-state index is 11.2. The Morgan fingerprint density at radius 1 is 1.12 bits per heavy atom. The van der Waals surface area contributed by atoms with Gasteiger partial charge in [0.25, 0.3) is 0 Å². The monoisotopic (exact) mass is 349 g/mol. The summed E-state index contributed by atoms with van der Waals surface area (Å²) in [5.41, 5.74) is 3.36. The van der Waals surface area contributed by atoms with Crippen molar-refractivity contribution in [1.29, 1.82) is 0 Å². The van der Waals surface area contributed by atoms with E-state index in [1.54, 1.807) is 0 Å². The molecule has 0 bridgehead atoms. The highest BCUT2D eigenvalue weighted by Gasteiger charge is 2.45. The number of aromatic nitrogens is 1. The number of nitrogens with one attached hydrogen (secondary N) is 1. The Balaban J connectivity index is 1.57. The summed E-state index contributed by atoms with van der Waals surface area (Å²) >= 11 is 0. The molecule has 0 amide bonds. The van der Waals surface area contributed by atoms with Crippen molar-refractivity contribution in [3.63, 3.8) is 0 Å². The molecule has 26 heavy (non-hydrogen) atoms. The second kappa shape index (κ2) is 6.88. The quantitative estimate of drug-likeness (QED) is 0.760. The lowest BCUT2D eigenvalue weighted by atomic mass is 9.77. The van der Waals surface area contributed by atoms with Crippen LogP contribution in [-0.4, -0.2) is 53.2 Å². The van der Waals surface area contributed by atoms with Crippen LogP contribution in [-0.2, 0) is 12.1 Å². The van der Waals surface area contributed by atoms with Crippen molar-refractivity contribution in [2.45, 2.75) is 24.6 Å². The highest BCUT2D eigenvalue weighted by molar-refractivity contribution is 5.82. The van der Waals surface area contributed by atoms with Crippen LogP contribution in [0.1, 0.15) is 17.5 Å². The first kappa shape index (κ1) is 17.3. The maximum Gasteiger partial charge on any atom is 0.0892 e.